The van der Waals surface area contributed by atoms with Gasteiger partial charge in [-0.25, -0.2) is 4.79 Å². The fraction of sp³-hybridized carbons (Fsp3) is 0.217. The Morgan fingerprint density at radius 3 is 2.58 bits per heavy atom. The molecule has 0 fully saturated rings. The molecule has 0 spiro atoms. The number of nitrogens with one attached hydrogen (secondary N) is 2. The zero-order valence-electron chi connectivity index (χ0n) is 18.4. The molecule has 3 aromatic rings. The summed E-state index contributed by atoms with van der Waals surface area (Å²) < 4.78 is 11.6. The molecule has 0 atom stereocenters. The van der Waals surface area contributed by atoms with Gasteiger partial charge < -0.3 is 19.9 Å². The number of hydrogen-bond donors (Lipinski definition) is 3. The number of carbonyl (C=O) groups excluding carboxylic acids is 1. The molecule has 172 valence electrons. The summed E-state index contributed by atoms with van der Waals surface area (Å²) in [5, 5.41) is 13.3. The molecule has 2 aromatic carbocycles. The number of aromatic amines is 1. The molecule has 0 unspecified atom stereocenters. The maximum absolute atomic E-state index is 12.3. The van der Waals surface area contributed by atoms with E-state index in [2.05, 4.69) is 15.3 Å². The Hall–Kier alpha value is -4.34. The first-order valence-corrected chi connectivity index (χ1v) is 10.0. The Bertz CT molecular complexity index is 1310. The van der Waals surface area contributed by atoms with Crippen LogP contribution in [0.3, 0.4) is 0 Å². The van der Waals surface area contributed by atoms with Crippen molar-refractivity contribution in [3.8, 4) is 17.4 Å². The zero-order valence-corrected chi connectivity index (χ0v) is 18.4. The number of benzene rings is 2. The Morgan fingerprint density at radius 2 is 1.88 bits per heavy atom. The van der Waals surface area contributed by atoms with Crippen molar-refractivity contribution < 1.29 is 19.4 Å². The Labute approximate surface area is 189 Å². The number of nitrogens with zero attached hydrogens (tertiary/aromatic N) is 2. The first kappa shape index (κ1) is 23.3. The van der Waals surface area contributed by atoms with E-state index in [1.54, 1.807) is 36.4 Å². The molecule has 0 aliphatic carbocycles. The van der Waals surface area contributed by atoms with Crippen molar-refractivity contribution in [1.82, 2.24) is 9.55 Å². The molecule has 1 heterocycles. The summed E-state index contributed by atoms with van der Waals surface area (Å²) in [7, 11) is 3.06. The second kappa shape index (κ2) is 10.3. The first-order chi connectivity index (χ1) is 15.8. The minimum absolute atomic E-state index is 0.0975. The van der Waals surface area contributed by atoms with Crippen LogP contribution in [-0.2, 0) is 17.8 Å². The number of methoxy groups -OCH3 is 2. The zero-order chi connectivity index (χ0) is 24.0. The van der Waals surface area contributed by atoms with Gasteiger partial charge in [-0.3, -0.25) is 24.1 Å². The van der Waals surface area contributed by atoms with Crippen LogP contribution in [0.25, 0.3) is 0 Å². The fourth-order valence-corrected chi connectivity index (χ4v) is 3.19. The van der Waals surface area contributed by atoms with Crippen LogP contribution in [0.4, 0.5) is 11.4 Å². The van der Waals surface area contributed by atoms with Gasteiger partial charge in [0.15, 0.2) is 11.5 Å². The molecule has 10 nitrogen and oxygen atoms in total. The average molecular weight is 452 g/mol. The van der Waals surface area contributed by atoms with Crippen LogP contribution in [0.5, 0.6) is 17.4 Å². The van der Waals surface area contributed by atoms with E-state index in [1.807, 2.05) is 6.07 Å². The summed E-state index contributed by atoms with van der Waals surface area (Å²) in [4.78, 5) is 42.4. The average Bonchev–Trinajstić information content (AvgIpc) is 2.79. The van der Waals surface area contributed by atoms with Crippen molar-refractivity contribution in [3.63, 3.8) is 0 Å². The quantitative estimate of drug-likeness (QED) is 0.449. The molecule has 0 bridgehead atoms. The topological polar surface area (TPSA) is 135 Å². The highest BCUT2D eigenvalue weighted by atomic mass is 16.5. The largest absolute Gasteiger partial charge is 0.494 e. The van der Waals surface area contributed by atoms with Gasteiger partial charge >= 0.3 is 5.69 Å². The molecule has 0 aliphatic heterocycles. The number of para-hydroxylation sites is 2. The summed E-state index contributed by atoms with van der Waals surface area (Å²) in [5.74, 6) is 0.328. The number of aryl methyl sites for hydroxylation is 1. The Morgan fingerprint density at radius 1 is 1.15 bits per heavy atom. The molecule has 1 amide bonds. The highest BCUT2D eigenvalue weighted by Gasteiger charge is 2.14. The van der Waals surface area contributed by atoms with Crippen LogP contribution < -0.4 is 26.0 Å². The first-order valence-electron chi connectivity index (χ1n) is 10.0. The molecule has 0 radical (unpaired) electrons. The van der Waals surface area contributed by atoms with Crippen molar-refractivity contribution in [1.29, 1.82) is 0 Å². The summed E-state index contributed by atoms with van der Waals surface area (Å²) in [5.41, 5.74) is -0.0351. The third kappa shape index (κ3) is 5.48. The van der Waals surface area contributed by atoms with E-state index in [1.165, 1.54) is 21.1 Å². The van der Waals surface area contributed by atoms with E-state index in [-0.39, 0.29) is 18.0 Å². The smallest absolute Gasteiger partial charge is 0.331 e. The highest BCUT2D eigenvalue weighted by Crippen LogP contribution is 2.28. The summed E-state index contributed by atoms with van der Waals surface area (Å²) in [6.07, 6.45) is 1.53. The normalized spacial score (nSPS) is 10.9. The lowest BCUT2D eigenvalue weighted by atomic mass is 10.1. The molecule has 3 N–H and O–H groups in total. The van der Waals surface area contributed by atoms with E-state index in [4.69, 9.17) is 9.47 Å². The number of aromatic nitrogens is 2. The van der Waals surface area contributed by atoms with Gasteiger partial charge in [0.1, 0.15) is 5.56 Å². The molecule has 3 rings (SSSR count). The van der Waals surface area contributed by atoms with Gasteiger partial charge in [0.25, 0.3) is 5.56 Å². The summed E-state index contributed by atoms with van der Waals surface area (Å²) in [6.45, 7) is 1.46. The van der Waals surface area contributed by atoms with Crippen molar-refractivity contribution in [3.05, 3.63) is 74.4 Å². The van der Waals surface area contributed by atoms with Crippen molar-refractivity contribution >= 4 is 23.5 Å². The number of hydrogen-bond acceptors (Lipinski definition) is 7. The van der Waals surface area contributed by atoms with Gasteiger partial charge in [-0.05, 0) is 36.2 Å². The minimum Gasteiger partial charge on any atom is -0.494 e. The molecule has 33 heavy (non-hydrogen) atoms. The third-order valence-electron chi connectivity index (χ3n) is 4.83. The number of ether oxygens (including phenoxy) is 2. The highest BCUT2D eigenvalue weighted by molar-refractivity contribution is 5.93. The van der Waals surface area contributed by atoms with Crippen LogP contribution in [0.2, 0.25) is 0 Å². The maximum Gasteiger partial charge on any atom is 0.331 e. The lowest BCUT2D eigenvalue weighted by molar-refractivity contribution is -0.114. The maximum atomic E-state index is 12.3. The number of carbonyl (C=O) groups is 1. The summed E-state index contributed by atoms with van der Waals surface area (Å²) >= 11 is 0. The van der Waals surface area contributed by atoms with E-state index in [9.17, 15) is 19.5 Å². The number of anilines is 1. The van der Waals surface area contributed by atoms with Crippen molar-refractivity contribution in [2.45, 2.75) is 19.9 Å². The van der Waals surface area contributed by atoms with E-state index >= 15 is 0 Å². The van der Waals surface area contributed by atoms with Crippen LogP contribution in [0.1, 0.15) is 18.1 Å². The van der Waals surface area contributed by atoms with Crippen LogP contribution >= 0.6 is 0 Å². The minimum atomic E-state index is -0.777. The lowest BCUT2D eigenvalue weighted by Gasteiger charge is -2.12. The summed E-state index contributed by atoms with van der Waals surface area (Å²) in [6, 6.07) is 12.1. The number of H-pyrrole nitrogens is 1. The number of rotatable bonds is 8. The van der Waals surface area contributed by atoms with Gasteiger partial charge in [-0.15, -0.1) is 0 Å². The number of aromatic hydroxyl groups is 1. The predicted molar refractivity (Wildman–Crippen MR) is 124 cm³/mol. The van der Waals surface area contributed by atoms with Gasteiger partial charge in [0.2, 0.25) is 11.8 Å². The number of amides is 1. The SMILES string of the molecule is COc1ccc(CCn2c(O)c(C=Nc3ccccc3NC(C)=O)c(=O)[nH]c2=O)cc1OC. The third-order valence-corrected chi connectivity index (χ3v) is 4.83. The molecule has 0 saturated heterocycles. The second-order valence-electron chi connectivity index (χ2n) is 7.04. The monoisotopic (exact) mass is 452 g/mol. The molecule has 1 aromatic heterocycles. The predicted octanol–water partition coefficient (Wildman–Crippen LogP) is 2.21. The van der Waals surface area contributed by atoms with E-state index in [0.29, 0.717) is 29.3 Å². The van der Waals surface area contributed by atoms with Gasteiger partial charge in [-0.2, -0.15) is 0 Å². The van der Waals surface area contributed by atoms with Gasteiger partial charge in [-0.1, -0.05) is 18.2 Å². The van der Waals surface area contributed by atoms with Crippen molar-refractivity contribution in [2.75, 3.05) is 19.5 Å². The van der Waals surface area contributed by atoms with Crippen molar-refractivity contribution in [2.24, 2.45) is 4.99 Å². The number of aliphatic imine (C=N–C) groups is 1. The fourth-order valence-electron chi connectivity index (χ4n) is 3.19. The van der Waals surface area contributed by atoms with Crippen LogP contribution in [0.15, 0.2) is 57.0 Å². The standard InChI is InChI=1S/C23H24N4O6/c1-14(28)25-18-7-5-4-6-17(18)24-13-16-21(29)26-23(31)27(22(16)30)11-10-15-8-9-19(32-2)20(12-15)33-3/h4-9,12-13,30H,10-11H2,1-3H3,(H,25,28)(H,26,29,31). The molecule has 0 saturated carbocycles. The van der Waals surface area contributed by atoms with Crippen LogP contribution in [0, 0.1) is 0 Å². The van der Waals surface area contributed by atoms with Gasteiger partial charge in [0.05, 0.1) is 25.6 Å². The second-order valence-corrected chi connectivity index (χ2v) is 7.04. The van der Waals surface area contributed by atoms with Crippen LogP contribution in [-0.4, -0.2) is 41.0 Å². The Kier molecular flexibility index (Phi) is 7.29. The molecule has 10 heteroatoms. The molecular weight excluding hydrogens is 428 g/mol. The van der Waals surface area contributed by atoms with E-state index in [0.717, 1.165) is 16.3 Å². The van der Waals surface area contributed by atoms with Gasteiger partial charge in [0, 0.05) is 19.7 Å². The molecule has 0 aliphatic rings. The van der Waals surface area contributed by atoms with E-state index < -0.39 is 17.1 Å². The lowest BCUT2D eigenvalue weighted by Crippen LogP contribution is -2.32. The molecular formula is C23H24N4O6. The Balaban J connectivity index is 1.90.